The third-order valence-electron chi connectivity index (χ3n) is 5.29. The molecule has 2 fully saturated rings. The third kappa shape index (κ3) is 3.71. The maximum Gasteiger partial charge on any atom is 0.353 e. The van der Waals surface area contributed by atoms with Gasteiger partial charge in [0.1, 0.15) is 5.70 Å². The lowest BCUT2D eigenvalue weighted by atomic mass is 9.79. The van der Waals surface area contributed by atoms with Gasteiger partial charge in [-0.15, -0.1) is 11.8 Å². The molecule has 4 N–H and O–H groups in total. The van der Waals surface area contributed by atoms with Crippen LogP contribution in [0.2, 0.25) is 0 Å². The quantitative estimate of drug-likeness (QED) is 0.338. The van der Waals surface area contributed by atoms with Gasteiger partial charge in [0.05, 0.1) is 24.7 Å². The van der Waals surface area contributed by atoms with Gasteiger partial charge in [-0.05, 0) is 13.3 Å². The first kappa shape index (κ1) is 20.1. The zero-order valence-electron chi connectivity index (χ0n) is 15.5. The Bertz CT molecular complexity index is 682. The smallest absolute Gasteiger partial charge is 0.353 e. The number of carboxylic acid groups (broad SMARTS) is 1. The fourth-order valence-electron chi connectivity index (χ4n) is 4.10. The van der Waals surface area contributed by atoms with Crippen molar-refractivity contribution in [1.82, 2.24) is 15.7 Å². The van der Waals surface area contributed by atoms with Gasteiger partial charge in [-0.25, -0.2) is 10.3 Å². The largest absolute Gasteiger partial charge is 0.477 e. The highest BCUT2D eigenvalue weighted by atomic mass is 32.2. The summed E-state index contributed by atoms with van der Waals surface area (Å²) in [4.78, 5) is 42.2. The number of carbonyl (C=O) groups is 3. The number of hydroxylamine groups is 1. The lowest BCUT2D eigenvalue weighted by Gasteiger charge is -2.46. The summed E-state index contributed by atoms with van der Waals surface area (Å²) in [7, 11) is 0. The normalized spacial score (nSPS) is 33.7. The fraction of sp³-hybridized carbons (Fsp3) is 0.706. The highest BCUT2D eigenvalue weighted by molar-refractivity contribution is 8.03. The molecule has 2 amide bonds. The van der Waals surface area contributed by atoms with Crippen LogP contribution < -0.4 is 10.8 Å². The summed E-state index contributed by atoms with van der Waals surface area (Å²) >= 11 is 1.48. The average Bonchev–Trinajstić information content (AvgIpc) is 3.09. The summed E-state index contributed by atoms with van der Waals surface area (Å²) in [5.41, 5.74) is 2.34. The van der Waals surface area contributed by atoms with Crippen LogP contribution in [0.15, 0.2) is 10.6 Å². The molecule has 0 unspecified atom stereocenters. The van der Waals surface area contributed by atoms with Crippen molar-refractivity contribution in [3.63, 3.8) is 0 Å². The Morgan fingerprint density at radius 1 is 1.48 bits per heavy atom. The Labute approximate surface area is 161 Å². The number of fused-ring (bicyclic) bond motifs is 1. The number of amides is 2. The number of carbonyl (C=O) groups excluding carboxylic acids is 2. The van der Waals surface area contributed by atoms with Gasteiger partial charge in [-0.2, -0.15) is 0 Å². The molecular weight excluding hydrogens is 374 g/mol. The molecule has 2 saturated heterocycles. The standard InChI is InChI=1S/C17H25N3O6S/c1-7-13-12(8(2)21)16(23)20(13)14(17(24)25)15(7)27-11-4-10(18-5-11)6-26-19-9(3)22/h7-8,10-13,18,21H,4-6H2,1-3H3,(H,19,22)(H,24,25)/t7-,8-,10+,11-,12-,13-/m1/s1. The number of carboxylic acids is 1. The molecule has 0 spiro atoms. The molecule has 150 valence electrons. The number of hydrogen-bond acceptors (Lipinski definition) is 7. The van der Waals surface area contributed by atoms with Gasteiger partial charge in [-0.3, -0.25) is 14.4 Å². The van der Waals surface area contributed by atoms with E-state index >= 15 is 0 Å². The lowest BCUT2D eigenvalue weighted by molar-refractivity contribution is -0.163. The van der Waals surface area contributed by atoms with Crippen LogP contribution in [-0.2, 0) is 19.2 Å². The molecule has 6 atom stereocenters. The SMILES string of the molecule is CC(=O)NOC[C@@H]1C[C@@H](SC2=C(C(=O)O)N3C(=O)[C@H]([C@@H](C)O)[C@H]3[C@H]2C)CN1. The second-order valence-electron chi connectivity index (χ2n) is 7.32. The highest BCUT2D eigenvalue weighted by Crippen LogP contribution is 2.51. The van der Waals surface area contributed by atoms with Crippen LogP contribution in [0.1, 0.15) is 27.2 Å². The van der Waals surface area contributed by atoms with E-state index in [4.69, 9.17) is 4.84 Å². The van der Waals surface area contributed by atoms with E-state index < -0.39 is 18.0 Å². The first-order valence-corrected chi connectivity index (χ1v) is 9.87. The molecular formula is C17H25N3O6S. The number of aliphatic hydroxyl groups excluding tert-OH is 1. The number of β-lactam (4-membered cyclic amide) rings is 1. The molecule has 3 aliphatic heterocycles. The van der Waals surface area contributed by atoms with E-state index in [1.165, 1.54) is 23.6 Å². The van der Waals surface area contributed by atoms with Crippen LogP contribution in [0.3, 0.4) is 0 Å². The predicted molar refractivity (Wildman–Crippen MR) is 97.2 cm³/mol. The fourth-order valence-corrected chi connectivity index (χ4v) is 5.62. The molecule has 0 bridgehead atoms. The van der Waals surface area contributed by atoms with Crippen molar-refractivity contribution < 1.29 is 29.4 Å². The van der Waals surface area contributed by atoms with Gasteiger partial charge in [-0.1, -0.05) is 6.92 Å². The van der Waals surface area contributed by atoms with Crippen molar-refractivity contribution in [3.8, 4) is 0 Å². The van der Waals surface area contributed by atoms with Gasteiger partial charge in [0.25, 0.3) is 0 Å². The van der Waals surface area contributed by atoms with Gasteiger partial charge in [0.15, 0.2) is 0 Å². The molecule has 27 heavy (non-hydrogen) atoms. The third-order valence-corrected chi connectivity index (χ3v) is 6.80. The van der Waals surface area contributed by atoms with Gasteiger partial charge >= 0.3 is 5.97 Å². The zero-order valence-corrected chi connectivity index (χ0v) is 16.3. The summed E-state index contributed by atoms with van der Waals surface area (Å²) in [6.45, 7) is 5.86. The minimum Gasteiger partial charge on any atom is -0.477 e. The molecule has 10 heteroatoms. The van der Waals surface area contributed by atoms with Gasteiger partial charge < -0.3 is 20.4 Å². The molecule has 0 aliphatic carbocycles. The second-order valence-corrected chi connectivity index (χ2v) is 8.66. The van der Waals surface area contributed by atoms with E-state index in [0.717, 1.165) is 6.42 Å². The van der Waals surface area contributed by atoms with Gasteiger partial charge in [0.2, 0.25) is 11.8 Å². The van der Waals surface area contributed by atoms with E-state index in [1.54, 1.807) is 6.92 Å². The minimum absolute atomic E-state index is 0.0531. The van der Waals surface area contributed by atoms with E-state index in [9.17, 15) is 24.6 Å². The maximum atomic E-state index is 12.3. The van der Waals surface area contributed by atoms with Crippen molar-refractivity contribution in [2.75, 3.05) is 13.2 Å². The second kappa shape index (κ2) is 7.78. The number of aliphatic carboxylic acids is 1. The Hall–Kier alpha value is -1.62. The zero-order chi connectivity index (χ0) is 19.9. The van der Waals surface area contributed by atoms with Gasteiger partial charge in [0, 0.05) is 35.6 Å². The number of aliphatic hydroxyl groups is 1. The predicted octanol–water partition coefficient (Wildman–Crippen LogP) is -0.328. The van der Waals surface area contributed by atoms with E-state index in [2.05, 4.69) is 10.8 Å². The number of hydrogen-bond donors (Lipinski definition) is 4. The maximum absolute atomic E-state index is 12.3. The molecule has 3 rings (SSSR count). The van der Waals surface area contributed by atoms with Crippen LogP contribution in [0.25, 0.3) is 0 Å². The van der Waals surface area contributed by atoms with Crippen LogP contribution in [0.4, 0.5) is 0 Å². The first-order valence-electron chi connectivity index (χ1n) is 8.99. The summed E-state index contributed by atoms with van der Waals surface area (Å²) in [6.07, 6.45) is -0.0460. The Morgan fingerprint density at radius 3 is 2.78 bits per heavy atom. The van der Waals surface area contributed by atoms with Crippen molar-refractivity contribution in [3.05, 3.63) is 10.6 Å². The molecule has 3 aliphatic rings. The summed E-state index contributed by atoms with van der Waals surface area (Å²) in [5.74, 6) is -2.38. The van der Waals surface area contributed by atoms with Crippen LogP contribution in [0, 0.1) is 11.8 Å². The monoisotopic (exact) mass is 399 g/mol. The molecule has 3 heterocycles. The number of thioether (sulfide) groups is 1. The van der Waals surface area contributed by atoms with E-state index in [1.807, 2.05) is 6.92 Å². The molecule has 0 aromatic carbocycles. The van der Waals surface area contributed by atoms with Crippen LogP contribution >= 0.6 is 11.8 Å². The highest BCUT2D eigenvalue weighted by Gasteiger charge is 2.60. The summed E-state index contributed by atoms with van der Waals surface area (Å²) in [5, 5.41) is 23.0. The Balaban J connectivity index is 1.66. The molecule has 0 radical (unpaired) electrons. The average molecular weight is 399 g/mol. The number of rotatable bonds is 7. The summed E-state index contributed by atoms with van der Waals surface area (Å²) in [6, 6.07) is -0.233. The Morgan fingerprint density at radius 2 is 2.19 bits per heavy atom. The van der Waals surface area contributed by atoms with Crippen LogP contribution in [0.5, 0.6) is 0 Å². The summed E-state index contributed by atoms with van der Waals surface area (Å²) < 4.78 is 0. The van der Waals surface area contributed by atoms with Crippen LogP contribution in [-0.4, -0.2) is 69.5 Å². The van der Waals surface area contributed by atoms with E-state index in [0.29, 0.717) is 18.1 Å². The molecule has 0 aromatic rings. The molecule has 0 aromatic heterocycles. The van der Waals surface area contributed by atoms with Crippen molar-refractivity contribution in [2.24, 2.45) is 11.8 Å². The van der Waals surface area contributed by atoms with E-state index in [-0.39, 0.29) is 40.8 Å². The molecule has 0 saturated carbocycles. The van der Waals surface area contributed by atoms with Crippen molar-refractivity contribution in [1.29, 1.82) is 0 Å². The number of nitrogens with one attached hydrogen (secondary N) is 2. The van der Waals surface area contributed by atoms with Crippen molar-refractivity contribution >= 4 is 29.5 Å². The Kier molecular flexibility index (Phi) is 5.80. The number of nitrogens with zero attached hydrogens (tertiary/aromatic N) is 1. The van der Waals surface area contributed by atoms with Crippen molar-refractivity contribution in [2.45, 2.75) is 50.6 Å². The lowest BCUT2D eigenvalue weighted by Crippen LogP contribution is -2.63. The first-order chi connectivity index (χ1) is 12.7. The minimum atomic E-state index is -1.11. The topological polar surface area (TPSA) is 128 Å². The molecule has 9 nitrogen and oxygen atoms in total.